The van der Waals surface area contributed by atoms with Crippen LogP contribution >= 0.6 is 0 Å². The summed E-state index contributed by atoms with van der Waals surface area (Å²) >= 11 is 0. The number of carbonyl (C=O) groups is 1. The second-order valence-corrected chi connectivity index (χ2v) is 3.62. The molecule has 0 aliphatic rings. The lowest BCUT2D eigenvalue weighted by Gasteiger charge is -2.06. The van der Waals surface area contributed by atoms with Gasteiger partial charge in [-0.05, 0) is 19.4 Å². The van der Waals surface area contributed by atoms with E-state index in [-0.39, 0.29) is 5.91 Å². The van der Waals surface area contributed by atoms with Gasteiger partial charge in [0, 0.05) is 13.1 Å². The summed E-state index contributed by atoms with van der Waals surface area (Å²) in [5, 5.41) is 10.7. The third kappa shape index (κ3) is 3.96. The van der Waals surface area contributed by atoms with Crippen LogP contribution in [-0.4, -0.2) is 29.2 Å². The highest BCUT2D eigenvalue weighted by Crippen LogP contribution is 2.07. The smallest absolute Gasteiger partial charge is 0.253 e. The van der Waals surface area contributed by atoms with Crippen molar-refractivity contribution in [2.24, 2.45) is 5.73 Å². The van der Waals surface area contributed by atoms with E-state index in [1.54, 1.807) is 12.1 Å². The SMILES string of the molecule is CCc1nnc(C)cc1C(=O)NC/C=C/CN. The van der Waals surface area contributed by atoms with Crippen LogP contribution in [0.3, 0.4) is 0 Å². The highest BCUT2D eigenvalue weighted by molar-refractivity contribution is 5.95. The standard InChI is InChI=1S/C12H18N4O/c1-3-11-10(8-9(2)15-16-11)12(17)14-7-5-4-6-13/h4-5,8H,3,6-7,13H2,1-2H3,(H,14,17)/b5-4+. The summed E-state index contributed by atoms with van der Waals surface area (Å²) < 4.78 is 0. The fourth-order valence-electron chi connectivity index (χ4n) is 1.40. The number of aryl methyl sites for hydroxylation is 2. The van der Waals surface area contributed by atoms with Crippen LogP contribution in [0.4, 0.5) is 0 Å². The summed E-state index contributed by atoms with van der Waals surface area (Å²) in [6, 6.07) is 1.76. The molecule has 3 N–H and O–H groups in total. The third-order valence-corrected chi connectivity index (χ3v) is 2.26. The number of rotatable bonds is 5. The Morgan fingerprint density at radius 1 is 1.47 bits per heavy atom. The Morgan fingerprint density at radius 3 is 2.88 bits per heavy atom. The minimum atomic E-state index is -0.124. The van der Waals surface area contributed by atoms with Crippen LogP contribution in [-0.2, 0) is 6.42 Å². The van der Waals surface area contributed by atoms with Crippen molar-refractivity contribution in [3.63, 3.8) is 0 Å². The van der Waals surface area contributed by atoms with Crippen LogP contribution < -0.4 is 11.1 Å². The summed E-state index contributed by atoms with van der Waals surface area (Å²) in [5.74, 6) is -0.124. The van der Waals surface area contributed by atoms with E-state index in [0.29, 0.717) is 25.1 Å². The maximum atomic E-state index is 11.9. The summed E-state index contributed by atoms with van der Waals surface area (Å²) in [5.41, 5.74) is 7.36. The average Bonchev–Trinajstić information content (AvgIpc) is 2.34. The predicted molar refractivity (Wildman–Crippen MR) is 66.7 cm³/mol. The molecule has 17 heavy (non-hydrogen) atoms. The van der Waals surface area contributed by atoms with Gasteiger partial charge in [0.25, 0.3) is 5.91 Å². The first-order chi connectivity index (χ1) is 8.19. The first kappa shape index (κ1) is 13.3. The topological polar surface area (TPSA) is 80.9 Å². The van der Waals surface area contributed by atoms with Gasteiger partial charge >= 0.3 is 0 Å². The van der Waals surface area contributed by atoms with Gasteiger partial charge in [0.2, 0.25) is 0 Å². The van der Waals surface area contributed by atoms with E-state index in [4.69, 9.17) is 5.73 Å². The average molecular weight is 234 g/mol. The molecule has 1 aromatic rings. The number of hydrogen-bond donors (Lipinski definition) is 2. The van der Waals surface area contributed by atoms with Gasteiger partial charge in [0.05, 0.1) is 17.0 Å². The van der Waals surface area contributed by atoms with Gasteiger partial charge in [-0.1, -0.05) is 19.1 Å². The van der Waals surface area contributed by atoms with Crippen LogP contribution in [0.2, 0.25) is 0 Å². The van der Waals surface area contributed by atoms with Crippen molar-refractivity contribution >= 4 is 5.91 Å². The third-order valence-electron chi connectivity index (χ3n) is 2.26. The first-order valence-corrected chi connectivity index (χ1v) is 5.65. The molecule has 0 spiro atoms. The van der Waals surface area contributed by atoms with E-state index in [2.05, 4.69) is 15.5 Å². The van der Waals surface area contributed by atoms with Gasteiger partial charge in [-0.3, -0.25) is 4.79 Å². The van der Waals surface area contributed by atoms with Crippen molar-refractivity contribution < 1.29 is 4.79 Å². The van der Waals surface area contributed by atoms with Gasteiger partial charge in [0.1, 0.15) is 0 Å². The fraction of sp³-hybridized carbons (Fsp3) is 0.417. The molecule has 0 saturated heterocycles. The Labute approximate surface area is 101 Å². The lowest BCUT2D eigenvalue weighted by molar-refractivity contribution is 0.0956. The Bertz CT molecular complexity index is 415. The Hall–Kier alpha value is -1.75. The zero-order chi connectivity index (χ0) is 12.7. The van der Waals surface area contributed by atoms with Crippen LogP contribution in [0.15, 0.2) is 18.2 Å². The van der Waals surface area contributed by atoms with Crippen LogP contribution in [0.5, 0.6) is 0 Å². The number of hydrogen-bond acceptors (Lipinski definition) is 4. The largest absolute Gasteiger partial charge is 0.349 e. The molecule has 0 radical (unpaired) electrons. The molecule has 92 valence electrons. The van der Waals surface area contributed by atoms with Crippen LogP contribution in [0, 0.1) is 6.92 Å². The zero-order valence-corrected chi connectivity index (χ0v) is 10.2. The van der Waals surface area contributed by atoms with Gasteiger partial charge in [-0.2, -0.15) is 10.2 Å². The number of carbonyl (C=O) groups excluding carboxylic acids is 1. The Balaban J connectivity index is 2.73. The van der Waals surface area contributed by atoms with E-state index >= 15 is 0 Å². The highest BCUT2D eigenvalue weighted by atomic mass is 16.1. The molecule has 5 heteroatoms. The maximum Gasteiger partial charge on any atom is 0.253 e. The molecule has 0 fully saturated rings. The van der Waals surface area contributed by atoms with Gasteiger partial charge in [-0.25, -0.2) is 0 Å². The second-order valence-electron chi connectivity index (χ2n) is 3.62. The maximum absolute atomic E-state index is 11.9. The summed E-state index contributed by atoms with van der Waals surface area (Å²) in [6.45, 7) is 4.72. The number of nitrogens with one attached hydrogen (secondary N) is 1. The van der Waals surface area contributed by atoms with Gasteiger partial charge < -0.3 is 11.1 Å². The molecule has 1 rings (SSSR count). The lowest BCUT2D eigenvalue weighted by Crippen LogP contribution is -2.25. The molecule has 5 nitrogen and oxygen atoms in total. The Morgan fingerprint density at radius 2 is 2.24 bits per heavy atom. The summed E-state index contributed by atoms with van der Waals surface area (Å²) in [7, 11) is 0. The van der Waals surface area contributed by atoms with E-state index < -0.39 is 0 Å². The van der Waals surface area contributed by atoms with E-state index in [9.17, 15) is 4.79 Å². The molecule has 0 atom stereocenters. The lowest BCUT2D eigenvalue weighted by atomic mass is 10.1. The summed E-state index contributed by atoms with van der Waals surface area (Å²) in [4.78, 5) is 11.9. The molecular formula is C12H18N4O. The summed E-state index contributed by atoms with van der Waals surface area (Å²) in [6.07, 6.45) is 4.32. The minimum Gasteiger partial charge on any atom is -0.349 e. The molecule has 0 aliphatic heterocycles. The van der Waals surface area contributed by atoms with Crippen LogP contribution in [0.25, 0.3) is 0 Å². The highest BCUT2D eigenvalue weighted by Gasteiger charge is 2.11. The van der Waals surface area contributed by atoms with Crippen molar-refractivity contribution in [3.8, 4) is 0 Å². The zero-order valence-electron chi connectivity index (χ0n) is 10.2. The van der Waals surface area contributed by atoms with Gasteiger partial charge in [-0.15, -0.1) is 0 Å². The molecule has 1 heterocycles. The molecule has 1 aromatic heterocycles. The van der Waals surface area contributed by atoms with Crippen molar-refractivity contribution in [2.45, 2.75) is 20.3 Å². The number of nitrogens with two attached hydrogens (primary N) is 1. The molecule has 0 unspecified atom stereocenters. The number of nitrogens with zero attached hydrogens (tertiary/aromatic N) is 2. The molecule has 0 bridgehead atoms. The molecule has 0 aromatic carbocycles. The first-order valence-electron chi connectivity index (χ1n) is 5.65. The van der Waals surface area contributed by atoms with E-state index in [0.717, 1.165) is 11.4 Å². The van der Waals surface area contributed by atoms with Crippen molar-refractivity contribution in [3.05, 3.63) is 35.2 Å². The molecule has 0 saturated carbocycles. The monoisotopic (exact) mass is 234 g/mol. The number of aromatic nitrogens is 2. The second kappa shape index (κ2) is 6.75. The van der Waals surface area contributed by atoms with Gasteiger partial charge in [0.15, 0.2) is 0 Å². The molecular weight excluding hydrogens is 216 g/mol. The Kier molecular flexibility index (Phi) is 5.29. The molecule has 1 amide bonds. The molecule has 0 aliphatic carbocycles. The normalized spacial score (nSPS) is 10.8. The van der Waals surface area contributed by atoms with Crippen molar-refractivity contribution in [2.75, 3.05) is 13.1 Å². The van der Waals surface area contributed by atoms with Crippen molar-refractivity contribution in [1.29, 1.82) is 0 Å². The van der Waals surface area contributed by atoms with E-state index in [1.165, 1.54) is 0 Å². The number of amides is 1. The minimum absolute atomic E-state index is 0.124. The fourth-order valence-corrected chi connectivity index (χ4v) is 1.40. The van der Waals surface area contributed by atoms with Crippen LogP contribution in [0.1, 0.15) is 28.7 Å². The van der Waals surface area contributed by atoms with Crippen molar-refractivity contribution in [1.82, 2.24) is 15.5 Å². The quantitative estimate of drug-likeness (QED) is 0.731. The predicted octanol–water partition coefficient (Wildman–Crippen LogP) is 0.592. The van der Waals surface area contributed by atoms with E-state index in [1.807, 2.05) is 19.9 Å².